The third-order valence-electron chi connectivity index (χ3n) is 4.09. The van der Waals surface area contributed by atoms with E-state index in [0.29, 0.717) is 33.7 Å². The minimum Gasteiger partial charge on any atom is -0.380 e. The zero-order valence-electron chi connectivity index (χ0n) is 13.4. The number of ether oxygens (including phenoxy) is 1. The van der Waals surface area contributed by atoms with E-state index in [1.54, 1.807) is 37.4 Å². The van der Waals surface area contributed by atoms with Gasteiger partial charge >= 0.3 is 0 Å². The summed E-state index contributed by atoms with van der Waals surface area (Å²) in [7, 11) is 1.58. The number of imidazole rings is 1. The van der Waals surface area contributed by atoms with Gasteiger partial charge in [0.2, 0.25) is 0 Å². The Morgan fingerprint density at radius 2 is 2.00 bits per heavy atom. The molecule has 5 nitrogen and oxygen atoms in total. The number of nitrogens with zero attached hydrogens (tertiary/aromatic N) is 2. The van der Waals surface area contributed by atoms with Crippen molar-refractivity contribution in [3.63, 3.8) is 0 Å². The Morgan fingerprint density at radius 1 is 1.29 bits per heavy atom. The van der Waals surface area contributed by atoms with Gasteiger partial charge in [-0.05, 0) is 18.6 Å². The van der Waals surface area contributed by atoms with Gasteiger partial charge in [-0.1, -0.05) is 24.3 Å². The molecule has 1 heterocycles. The van der Waals surface area contributed by atoms with Crippen LogP contribution in [-0.4, -0.2) is 23.2 Å². The summed E-state index contributed by atoms with van der Waals surface area (Å²) in [5.41, 5.74) is 8.96. The monoisotopic (exact) mass is 324 g/mol. The van der Waals surface area contributed by atoms with E-state index in [0.717, 1.165) is 0 Å². The van der Waals surface area contributed by atoms with Gasteiger partial charge in [0.25, 0.3) is 0 Å². The van der Waals surface area contributed by atoms with Gasteiger partial charge in [0.05, 0.1) is 29.8 Å². The van der Waals surface area contributed by atoms with Crippen molar-refractivity contribution in [2.24, 2.45) is 5.73 Å². The van der Waals surface area contributed by atoms with Crippen molar-refractivity contribution in [1.29, 1.82) is 0 Å². The van der Waals surface area contributed by atoms with Crippen LogP contribution in [-0.2, 0) is 4.74 Å². The molecule has 0 radical (unpaired) electrons. The van der Waals surface area contributed by atoms with E-state index in [1.807, 2.05) is 6.92 Å². The van der Waals surface area contributed by atoms with E-state index in [1.165, 1.54) is 6.07 Å². The van der Waals surface area contributed by atoms with E-state index in [4.69, 9.17) is 17.0 Å². The number of benzene rings is 2. The maximum atomic E-state index is 14.5. The van der Waals surface area contributed by atoms with Crippen LogP contribution in [0.15, 0.2) is 36.4 Å². The average Bonchev–Trinajstić information content (AvgIpc) is 3.02. The number of aromatic amines is 1. The van der Waals surface area contributed by atoms with Crippen LogP contribution in [0, 0.1) is 12.4 Å². The maximum Gasteiger partial charge on any atom is 0.187 e. The molecular weight excluding hydrogens is 307 g/mol. The molecule has 0 amide bonds. The molecule has 1 aromatic heterocycles. The van der Waals surface area contributed by atoms with E-state index in [9.17, 15) is 4.39 Å². The highest BCUT2D eigenvalue weighted by atomic mass is 19.1. The Morgan fingerprint density at radius 3 is 2.62 bits per heavy atom. The first-order valence-corrected chi connectivity index (χ1v) is 7.49. The second kappa shape index (κ2) is 6.40. The molecular formula is C18H17FN4O. The summed E-state index contributed by atoms with van der Waals surface area (Å²) in [6.07, 6.45) is -0.212. The Bertz CT molecular complexity index is 911. The van der Waals surface area contributed by atoms with Gasteiger partial charge < -0.3 is 15.5 Å². The van der Waals surface area contributed by atoms with Crippen LogP contribution in [0.4, 0.5) is 10.1 Å². The summed E-state index contributed by atoms with van der Waals surface area (Å²) < 4.78 is 19.7. The van der Waals surface area contributed by atoms with Crippen molar-refractivity contribution < 1.29 is 9.13 Å². The van der Waals surface area contributed by atoms with Crippen molar-refractivity contribution in [3.8, 4) is 11.1 Å². The molecule has 2 atom stereocenters. The number of methoxy groups -OCH3 is 1. The van der Waals surface area contributed by atoms with Gasteiger partial charge in [0.1, 0.15) is 11.6 Å². The number of hydrogen-bond acceptors (Lipinski definition) is 3. The molecule has 0 fully saturated rings. The van der Waals surface area contributed by atoms with Gasteiger partial charge in [-0.3, -0.25) is 0 Å². The third-order valence-corrected chi connectivity index (χ3v) is 4.09. The highest BCUT2D eigenvalue weighted by Crippen LogP contribution is 2.29. The number of halogens is 1. The van der Waals surface area contributed by atoms with Crippen LogP contribution >= 0.6 is 0 Å². The lowest BCUT2D eigenvalue weighted by Crippen LogP contribution is -2.26. The van der Waals surface area contributed by atoms with E-state index in [-0.39, 0.29) is 11.9 Å². The summed E-state index contributed by atoms with van der Waals surface area (Å²) >= 11 is 0. The predicted molar refractivity (Wildman–Crippen MR) is 91.1 cm³/mol. The summed E-state index contributed by atoms with van der Waals surface area (Å²) in [6, 6.07) is 9.45. The van der Waals surface area contributed by atoms with E-state index in [2.05, 4.69) is 14.8 Å². The zero-order chi connectivity index (χ0) is 17.3. The molecule has 3 N–H and O–H groups in total. The van der Waals surface area contributed by atoms with Gasteiger partial charge in [-0.15, -0.1) is 0 Å². The molecule has 24 heavy (non-hydrogen) atoms. The van der Waals surface area contributed by atoms with Crippen LogP contribution in [0.3, 0.4) is 0 Å². The summed E-state index contributed by atoms with van der Waals surface area (Å²) in [4.78, 5) is 10.9. The molecule has 0 aliphatic carbocycles. The number of H-pyrrole nitrogens is 1. The highest BCUT2D eigenvalue weighted by Gasteiger charge is 2.19. The minimum absolute atomic E-state index is 0.212. The Hall–Kier alpha value is -2.75. The van der Waals surface area contributed by atoms with Gasteiger partial charge in [-0.2, -0.15) is 0 Å². The topological polar surface area (TPSA) is 68.3 Å². The number of fused-ring (bicyclic) bond motifs is 1. The fourth-order valence-corrected chi connectivity index (χ4v) is 2.51. The lowest BCUT2D eigenvalue weighted by atomic mass is 10.0. The van der Waals surface area contributed by atoms with E-state index >= 15 is 0 Å². The number of nitrogens with one attached hydrogen (secondary N) is 1. The van der Waals surface area contributed by atoms with Crippen molar-refractivity contribution in [1.82, 2.24) is 9.97 Å². The average molecular weight is 324 g/mol. The Labute approximate surface area is 139 Å². The predicted octanol–water partition coefficient (Wildman–Crippen LogP) is 3.95. The maximum absolute atomic E-state index is 14.5. The summed E-state index contributed by atoms with van der Waals surface area (Å²) in [6.45, 7) is 8.83. The largest absolute Gasteiger partial charge is 0.380 e. The van der Waals surface area contributed by atoms with Crippen molar-refractivity contribution in [2.45, 2.75) is 19.1 Å². The molecule has 0 aliphatic heterocycles. The molecule has 6 heteroatoms. The van der Waals surface area contributed by atoms with Crippen LogP contribution < -0.4 is 5.73 Å². The first-order chi connectivity index (χ1) is 11.5. The molecule has 0 saturated heterocycles. The lowest BCUT2D eigenvalue weighted by Gasteiger charge is -2.15. The lowest BCUT2D eigenvalue weighted by molar-refractivity contribution is 0.0935. The van der Waals surface area contributed by atoms with Crippen molar-refractivity contribution in [3.05, 3.63) is 59.5 Å². The smallest absolute Gasteiger partial charge is 0.187 e. The van der Waals surface area contributed by atoms with Crippen LogP contribution in [0.5, 0.6) is 0 Å². The summed E-state index contributed by atoms with van der Waals surface area (Å²) in [5.74, 6) is 0.195. The number of nitrogens with two attached hydrogens (primary N) is 1. The van der Waals surface area contributed by atoms with E-state index < -0.39 is 6.04 Å². The van der Waals surface area contributed by atoms with Gasteiger partial charge in [0, 0.05) is 18.7 Å². The van der Waals surface area contributed by atoms with Gasteiger partial charge in [-0.25, -0.2) is 14.2 Å². The third kappa shape index (κ3) is 2.87. The standard InChI is InChI=1S/C18H17FN4O/c1-10(24-3)17(20)18-22-15-8-13(14(19)9-16(15)23-18)11-4-6-12(21-2)7-5-11/h4-10,17H,20H2,1,3H3,(H,22,23)/t10-,17+/m1/s1. The molecule has 0 saturated carbocycles. The Balaban J connectivity index is 2.04. The molecule has 0 aliphatic rings. The number of aromatic nitrogens is 2. The number of hydrogen-bond donors (Lipinski definition) is 2. The van der Waals surface area contributed by atoms with Crippen molar-refractivity contribution >= 4 is 16.7 Å². The van der Waals surface area contributed by atoms with Crippen LogP contribution in [0.2, 0.25) is 0 Å². The van der Waals surface area contributed by atoms with Crippen LogP contribution in [0.25, 0.3) is 27.0 Å². The minimum atomic E-state index is -0.424. The normalized spacial score (nSPS) is 13.6. The molecule has 3 aromatic rings. The molecule has 2 aromatic carbocycles. The van der Waals surface area contributed by atoms with Crippen molar-refractivity contribution in [2.75, 3.05) is 7.11 Å². The fraction of sp³-hybridized carbons (Fsp3) is 0.222. The quantitative estimate of drug-likeness (QED) is 0.714. The Kier molecular flexibility index (Phi) is 4.30. The molecule has 0 unspecified atom stereocenters. The second-order valence-corrected chi connectivity index (χ2v) is 5.60. The van der Waals surface area contributed by atoms with Crippen LogP contribution in [0.1, 0.15) is 18.8 Å². The first-order valence-electron chi connectivity index (χ1n) is 7.49. The fourth-order valence-electron chi connectivity index (χ4n) is 2.51. The number of rotatable bonds is 4. The molecule has 0 spiro atoms. The summed E-state index contributed by atoms with van der Waals surface area (Å²) in [5, 5.41) is 0. The highest BCUT2D eigenvalue weighted by molar-refractivity contribution is 5.82. The van der Waals surface area contributed by atoms with Gasteiger partial charge in [0.15, 0.2) is 5.69 Å². The molecule has 122 valence electrons. The second-order valence-electron chi connectivity index (χ2n) is 5.60. The molecule has 3 rings (SSSR count). The SMILES string of the molecule is [C-]#[N+]c1ccc(-c2cc3nc([C@@H](N)[C@@H](C)OC)[nH]c3cc2F)cc1. The molecule has 0 bridgehead atoms. The zero-order valence-corrected chi connectivity index (χ0v) is 13.4. The first kappa shape index (κ1) is 16.1.